The molecule has 0 aliphatic carbocycles. The Hall–Kier alpha value is -4.11. The molecule has 0 bridgehead atoms. The molecular formula is C25H24N4O4S. The van der Waals surface area contributed by atoms with E-state index < -0.39 is 15.9 Å². The Morgan fingerprint density at radius 2 is 1.74 bits per heavy atom. The predicted octanol–water partition coefficient (Wildman–Crippen LogP) is 4.56. The molecule has 4 aromatic rings. The number of phenolic OH excluding ortho intramolecular Hbond substituents is 1. The van der Waals surface area contributed by atoms with Crippen LogP contribution in [0.5, 0.6) is 5.75 Å². The highest BCUT2D eigenvalue weighted by Gasteiger charge is 2.23. The van der Waals surface area contributed by atoms with Crippen LogP contribution >= 0.6 is 0 Å². The van der Waals surface area contributed by atoms with Crippen molar-refractivity contribution in [3.8, 4) is 17.0 Å². The van der Waals surface area contributed by atoms with Gasteiger partial charge >= 0.3 is 0 Å². The summed E-state index contributed by atoms with van der Waals surface area (Å²) in [6.45, 7) is 3.92. The number of aryl methyl sites for hydroxylation is 1. The van der Waals surface area contributed by atoms with Crippen molar-refractivity contribution in [2.24, 2.45) is 0 Å². The number of carbonyl (C=O) groups is 1. The van der Waals surface area contributed by atoms with Crippen LogP contribution in [0.1, 0.15) is 23.0 Å². The van der Waals surface area contributed by atoms with E-state index in [1.807, 2.05) is 19.1 Å². The number of H-pyrrole nitrogens is 1. The van der Waals surface area contributed by atoms with Crippen molar-refractivity contribution in [3.05, 3.63) is 90.1 Å². The van der Waals surface area contributed by atoms with Crippen LogP contribution < -0.4 is 9.62 Å². The van der Waals surface area contributed by atoms with Crippen molar-refractivity contribution in [1.29, 1.82) is 0 Å². The number of para-hydroxylation sites is 1. The normalized spacial score (nSPS) is 11.2. The van der Waals surface area contributed by atoms with Gasteiger partial charge in [-0.05, 0) is 74.0 Å². The third-order valence-corrected chi connectivity index (χ3v) is 7.20. The molecular weight excluding hydrogens is 452 g/mol. The van der Waals surface area contributed by atoms with E-state index in [4.69, 9.17) is 0 Å². The third kappa shape index (κ3) is 4.65. The lowest BCUT2D eigenvalue weighted by Gasteiger charge is -2.23. The first-order chi connectivity index (χ1) is 16.3. The number of carbonyl (C=O) groups excluding carboxylic acids is 1. The Kier molecular flexibility index (Phi) is 6.38. The summed E-state index contributed by atoms with van der Waals surface area (Å²) in [6.07, 6.45) is 0. The number of aromatic amines is 1. The Morgan fingerprint density at radius 1 is 1.03 bits per heavy atom. The van der Waals surface area contributed by atoms with Crippen LogP contribution in [0.15, 0.2) is 83.8 Å². The molecule has 0 fully saturated rings. The maximum Gasteiger partial charge on any atom is 0.273 e. The zero-order chi connectivity index (χ0) is 24.3. The molecule has 174 valence electrons. The molecule has 1 heterocycles. The predicted molar refractivity (Wildman–Crippen MR) is 131 cm³/mol. The maximum atomic E-state index is 13.1. The van der Waals surface area contributed by atoms with Gasteiger partial charge in [0.05, 0.1) is 16.3 Å². The van der Waals surface area contributed by atoms with Crippen LogP contribution in [-0.2, 0) is 10.0 Å². The fourth-order valence-corrected chi connectivity index (χ4v) is 5.03. The fraction of sp³-hybridized carbons (Fsp3) is 0.120. The molecule has 0 unspecified atom stereocenters. The van der Waals surface area contributed by atoms with Crippen LogP contribution in [0.3, 0.4) is 0 Å². The average Bonchev–Trinajstić information content (AvgIpc) is 3.31. The summed E-state index contributed by atoms with van der Waals surface area (Å²) in [5.41, 5.74) is 3.07. The van der Waals surface area contributed by atoms with Gasteiger partial charge in [-0.1, -0.05) is 24.3 Å². The van der Waals surface area contributed by atoms with Crippen molar-refractivity contribution in [3.63, 3.8) is 0 Å². The summed E-state index contributed by atoms with van der Waals surface area (Å²) in [7, 11) is -3.76. The SMILES string of the molecule is CCN(c1ccccc1)S(=O)(=O)c1ccc(NC(=O)c2cc(-c3ccc(C)cc3O)n[nH]2)cc1. The minimum atomic E-state index is -3.76. The minimum absolute atomic E-state index is 0.0758. The number of rotatable bonds is 7. The molecule has 4 rings (SSSR count). The van der Waals surface area contributed by atoms with Crippen molar-refractivity contribution in [1.82, 2.24) is 10.2 Å². The van der Waals surface area contributed by atoms with Gasteiger partial charge in [-0.2, -0.15) is 5.10 Å². The second-order valence-corrected chi connectivity index (χ2v) is 9.53. The van der Waals surface area contributed by atoms with Crippen molar-refractivity contribution in [2.75, 3.05) is 16.2 Å². The summed E-state index contributed by atoms with van der Waals surface area (Å²) in [6, 6.07) is 21.6. The van der Waals surface area contributed by atoms with E-state index in [-0.39, 0.29) is 22.9 Å². The molecule has 9 heteroatoms. The van der Waals surface area contributed by atoms with E-state index in [2.05, 4.69) is 15.5 Å². The van der Waals surface area contributed by atoms with Gasteiger partial charge < -0.3 is 10.4 Å². The van der Waals surface area contributed by atoms with Crippen LogP contribution in [-0.4, -0.2) is 36.2 Å². The molecule has 0 saturated carbocycles. The van der Waals surface area contributed by atoms with Gasteiger partial charge in [0.2, 0.25) is 0 Å². The molecule has 0 saturated heterocycles. The lowest BCUT2D eigenvalue weighted by atomic mass is 10.1. The first-order valence-electron chi connectivity index (χ1n) is 10.6. The zero-order valence-corrected chi connectivity index (χ0v) is 19.5. The molecule has 0 radical (unpaired) electrons. The third-order valence-electron chi connectivity index (χ3n) is 5.28. The van der Waals surface area contributed by atoms with Gasteiger partial charge in [0.1, 0.15) is 11.4 Å². The number of amides is 1. The number of hydrogen-bond acceptors (Lipinski definition) is 5. The Bertz CT molecular complexity index is 1420. The second kappa shape index (κ2) is 9.40. The molecule has 0 aliphatic heterocycles. The summed E-state index contributed by atoms with van der Waals surface area (Å²) in [5, 5.41) is 19.6. The lowest BCUT2D eigenvalue weighted by Crippen LogP contribution is -2.30. The number of aromatic hydroxyl groups is 1. The standard InChI is InChI=1S/C25H24N4O4S/c1-3-29(19-7-5-4-6-8-19)34(32,33)20-12-10-18(11-13-20)26-25(31)23-16-22(27-28-23)21-14-9-17(2)15-24(21)30/h4-16,30H,3H2,1-2H3,(H,26,31)(H,27,28). The van der Waals surface area contributed by atoms with Crippen LogP contribution in [0.2, 0.25) is 0 Å². The number of sulfonamides is 1. The van der Waals surface area contributed by atoms with Crippen molar-refractivity contribution in [2.45, 2.75) is 18.7 Å². The van der Waals surface area contributed by atoms with Gasteiger partial charge in [0.25, 0.3) is 15.9 Å². The molecule has 0 aliphatic rings. The molecule has 3 aromatic carbocycles. The van der Waals surface area contributed by atoms with E-state index in [0.717, 1.165) is 5.56 Å². The number of hydrogen-bond donors (Lipinski definition) is 3. The summed E-state index contributed by atoms with van der Waals surface area (Å²) in [4.78, 5) is 12.8. The summed E-state index contributed by atoms with van der Waals surface area (Å²) < 4.78 is 27.5. The Morgan fingerprint density at radius 3 is 2.38 bits per heavy atom. The largest absolute Gasteiger partial charge is 0.507 e. The second-order valence-electron chi connectivity index (χ2n) is 7.67. The zero-order valence-electron chi connectivity index (χ0n) is 18.7. The number of benzene rings is 3. The van der Waals surface area contributed by atoms with Gasteiger partial charge in [-0.25, -0.2) is 8.42 Å². The van der Waals surface area contributed by atoms with Crippen LogP contribution in [0.4, 0.5) is 11.4 Å². The number of nitrogens with zero attached hydrogens (tertiary/aromatic N) is 2. The molecule has 0 spiro atoms. The first kappa shape index (κ1) is 23.1. The quantitative estimate of drug-likeness (QED) is 0.362. The number of nitrogens with one attached hydrogen (secondary N) is 2. The van der Waals surface area contributed by atoms with Gasteiger partial charge in [-0.3, -0.25) is 14.2 Å². The maximum absolute atomic E-state index is 13.1. The molecule has 34 heavy (non-hydrogen) atoms. The van der Waals surface area contributed by atoms with Gasteiger partial charge in [0.15, 0.2) is 0 Å². The summed E-state index contributed by atoms with van der Waals surface area (Å²) >= 11 is 0. The number of phenols is 1. The van der Waals surface area contributed by atoms with Crippen molar-refractivity contribution < 1.29 is 18.3 Å². The Labute approximate surface area is 197 Å². The highest BCUT2D eigenvalue weighted by molar-refractivity contribution is 7.92. The summed E-state index contributed by atoms with van der Waals surface area (Å²) in [5.74, 6) is -0.368. The topological polar surface area (TPSA) is 115 Å². The molecule has 1 amide bonds. The average molecular weight is 477 g/mol. The molecule has 3 N–H and O–H groups in total. The van der Waals surface area contributed by atoms with Gasteiger partial charge in [0, 0.05) is 17.8 Å². The smallest absolute Gasteiger partial charge is 0.273 e. The van der Waals surface area contributed by atoms with E-state index in [1.54, 1.807) is 43.3 Å². The minimum Gasteiger partial charge on any atom is -0.507 e. The first-order valence-corrected chi connectivity index (χ1v) is 12.1. The fourth-order valence-electron chi connectivity index (χ4n) is 3.56. The van der Waals surface area contributed by atoms with Crippen LogP contribution in [0, 0.1) is 6.92 Å². The number of anilines is 2. The van der Waals surface area contributed by atoms with E-state index >= 15 is 0 Å². The van der Waals surface area contributed by atoms with Crippen LogP contribution in [0.25, 0.3) is 11.3 Å². The molecule has 0 atom stereocenters. The van der Waals surface area contributed by atoms with Gasteiger partial charge in [-0.15, -0.1) is 0 Å². The highest BCUT2D eigenvalue weighted by Crippen LogP contribution is 2.29. The van der Waals surface area contributed by atoms with E-state index in [9.17, 15) is 18.3 Å². The number of aromatic nitrogens is 2. The monoisotopic (exact) mass is 476 g/mol. The molecule has 8 nitrogen and oxygen atoms in total. The highest BCUT2D eigenvalue weighted by atomic mass is 32.2. The van der Waals surface area contributed by atoms with E-state index in [1.165, 1.54) is 34.6 Å². The van der Waals surface area contributed by atoms with Crippen molar-refractivity contribution >= 4 is 27.3 Å². The van der Waals surface area contributed by atoms with E-state index in [0.29, 0.717) is 22.6 Å². The lowest BCUT2D eigenvalue weighted by molar-refractivity contribution is 0.102. The molecule has 1 aromatic heterocycles. The Balaban J connectivity index is 1.50.